The van der Waals surface area contributed by atoms with Gasteiger partial charge in [0, 0.05) is 43.2 Å². The number of aromatic nitrogens is 1. The monoisotopic (exact) mass is 572 g/mol. The smallest absolute Gasteiger partial charge is 0.294 e. The lowest BCUT2D eigenvalue weighted by Crippen LogP contribution is -2.16. The van der Waals surface area contributed by atoms with Gasteiger partial charge in [0.2, 0.25) is 0 Å². The largest absolute Gasteiger partial charge is 0.385 e. The maximum Gasteiger partial charge on any atom is 0.294 e. The first-order valence-electron chi connectivity index (χ1n) is 11.7. The molecule has 206 valence electrons. The fourth-order valence-electron chi connectivity index (χ4n) is 3.62. The van der Waals surface area contributed by atoms with Crippen molar-refractivity contribution < 1.29 is 26.1 Å². The lowest BCUT2D eigenvalue weighted by atomic mass is 10.1. The number of hydrogen-bond acceptors (Lipinski definition) is 11. The van der Waals surface area contributed by atoms with Gasteiger partial charge in [-0.3, -0.25) is 4.55 Å². The number of benzene rings is 2. The lowest BCUT2D eigenvalue weighted by Gasteiger charge is -2.15. The molecule has 3 rings (SSSR count). The molecule has 2 aromatic carbocycles. The third-order valence-corrected chi connectivity index (χ3v) is 7.79. The Balaban J connectivity index is 2.06. The van der Waals surface area contributed by atoms with E-state index in [0.29, 0.717) is 47.4 Å². The van der Waals surface area contributed by atoms with Crippen LogP contribution in [0.15, 0.2) is 63.5 Å². The van der Waals surface area contributed by atoms with Gasteiger partial charge < -0.3 is 15.4 Å². The predicted molar refractivity (Wildman–Crippen MR) is 149 cm³/mol. The van der Waals surface area contributed by atoms with E-state index in [0.717, 1.165) is 5.41 Å². The molecular weight excluding hydrogens is 544 g/mol. The van der Waals surface area contributed by atoms with Gasteiger partial charge in [0.1, 0.15) is 17.6 Å². The van der Waals surface area contributed by atoms with Crippen LogP contribution in [0.5, 0.6) is 0 Å². The number of nitrogens with zero attached hydrogens (tertiary/aromatic N) is 4. The number of methoxy groups -OCH3 is 1. The first kappa shape index (κ1) is 29.7. The fraction of sp³-hybridized carbons (Fsp3) is 0.280. The molecule has 3 aromatic rings. The summed E-state index contributed by atoms with van der Waals surface area (Å²) in [5.74, 6) is 0.295. The van der Waals surface area contributed by atoms with Crippen LogP contribution in [0, 0.1) is 18.3 Å². The quantitative estimate of drug-likeness (QED) is 0.150. The van der Waals surface area contributed by atoms with Crippen molar-refractivity contribution in [3.63, 3.8) is 0 Å². The number of fused-ring (bicyclic) bond motifs is 1. The van der Waals surface area contributed by atoms with Crippen molar-refractivity contribution in [2.45, 2.75) is 18.2 Å². The molecule has 0 bridgehead atoms. The van der Waals surface area contributed by atoms with E-state index in [9.17, 15) is 26.7 Å². The second-order valence-corrected chi connectivity index (χ2v) is 11.8. The summed E-state index contributed by atoms with van der Waals surface area (Å²) in [6.07, 6.45) is 0.671. The zero-order chi connectivity index (χ0) is 28.6. The van der Waals surface area contributed by atoms with E-state index in [1.807, 2.05) is 0 Å². The Morgan fingerprint density at radius 1 is 1.13 bits per heavy atom. The van der Waals surface area contributed by atoms with Gasteiger partial charge in [-0.05, 0) is 36.9 Å². The van der Waals surface area contributed by atoms with Gasteiger partial charge in [-0.1, -0.05) is 24.8 Å². The normalized spacial score (nSPS) is 11.9. The molecule has 0 aliphatic heterocycles. The third-order valence-electron chi connectivity index (χ3n) is 5.66. The molecule has 12 nitrogen and oxygen atoms in total. The predicted octanol–water partition coefficient (Wildman–Crippen LogP) is 4.50. The maximum absolute atomic E-state index is 11.9. The summed E-state index contributed by atoms with van der Waals surface area (Å²) < 4.78 is 61.2. The first-order valence-corrected chi connectivity index (χ1v) is 14.8. The Labute approximate surface area is 227 Å². The Hall–Kier alpha value is -3.90. The zero-order valence-corrected chi connectivity index (χ0v) is 23.0. The maximum atomic E-state index is 11.9. The summed E-state index contributed by atoms with van der Waals surface area (Å²) in [4.78, 5) is 4.25. The Kier molecular flexibility index (Phi) is 9.71. The van der Waals surface area contributed by atoms with E-state index in [2.05, 4.69) is 38.5 Å². The number of pyridine rings is 1. The summed E-state index contributed by atoms with van der Waals surface area (Å²) >= 11 is 0. The average molecular weight is 573 g/mol. The molecule has 0 aliphatic carbocycles. The van der Waals surface area contributed by atoms with E-state index in [-0.39, 0.29) is 34.3 Å². The standard InChI is InChI=1S/C25H28N6O6S2/c1-4-38(32,33)14-12-28-25-23(17(2)21(16-26)24(29-25)27-11-6-13-37-3)31-30-22-8-5-7-18-15-19(39(34,35)36)9-10-20(18)22/h4-5,7-10,15H,1,6,11-14H2,2-3H3,(H2,27,28,29)(H,34,35,36). The van der Waals surface area contributed by atoms with Crippen LogP contribution in [-0.2, 0) is 24.7 Å². The number of sulfone groups is 1. The van der Waals surface area contributed by atoms with Gasteiger partial charge >= 0.3 is 0 Å². The highest BCUT2D eigenvalue weighted by Crippen LogP contribution is 2.36. The highest BCUT2D eigenvalue weighted by atomic mass is 32.2. The van der Waals surface area contributed by atoms with Gasteiger partial charge in [-0.2, -0.15) is 13.7 Å². The number of nitriles is 1. The van der Waals surface area contributed by atoms with E-state index in [1.165, 1.54) is 18.2 Å². The highest BCUT2D eigenvalue weighted by molar-refractivity contribution is 7.94. The molecule has 1 aromatic heterocycles. The van der Waals surface area contributed by atoms with Crippen molar-refractivity contribution in [2.24, 2.45) is 10.2 Å². The Morgan fingerprint density at radius 2 is 1.87 bits per heavy atom. The molecule has 0 saturated heterocycles. The number of ether oxygens (including phenoxy) is 1. The minimum absolute atomic E-state index is 0.00497. The van der Waals surface area contributed by atoms with Gasteiger partial charge in [-0.25, -0.2) is 13.4 Å². The molecule has 39 heavy (non-hydrogen) atoms. The van der Waals surface area contributed by atoms with E-state index >= 15 is 0 Å². The summed E-state index contributed by atoms with van der Waals surface area (Å²) in [6.45, 7) is 6.00. The van der Waals surface area contributed by atoms with Crippen molar-refractivity contribution >= 4 is 53.7 Å². The summed E-state index contributed by atoms with van der Waals surface area (Å²) in [5.41, 5.74) is 1.35. The van der Waals surface area contributed by atoms with Crippen LogP contribution in [0.4, 0.5) is 23.0 Å². The minimum Gasteiger partial charge on any atom is -0.385 e. The molecule has 0 amide bonds. The molecule has 1 heterocycles. The third kappa shape index (κ3) is 7.58. The van der Waals surface area contributed by atoms with Crippen molar-refractivity contribution in [3.8, 4) is 6.07 Å². The molecule has 0 saturated carbocycles. The Morgan fingerprint density at radius 3 is 2.54 bits per heavy atom. The molecule has 0 spiro atoms. The molecule has 0 fully saturated rings. The number of rotatable bonds is 13. The number of azo groups is 1. The summed E-state index contributed by atoms with van der Waals surface area (Å²) in [7, 11) is -6.26. The van der Waals surface area contributed by atoms with Crippen molar-refractivity contribution in [3.05, 3.63) is 59.5 Å². The van der Waals surface area contributed by atoms with Crippen LogP contribution in [0.1, 0.15) is 17.5 Å². The number of nitrogens with one attached hydrogen (secondary N) is 2. The zero-order valence-electron chi connectivity index (χ0n) is 21.4. The van der Waals surface area contributed by atoms with Crippen LogP contribution in [0.2, 0.25) is 0 Å². The number of hydrogen-bond donors (Lipinski definition) is 3. The van der Waals surface area contributed by atoms with E-state index < -0.39 is 20.0 Å². The first-order chi connectivity index (χ1) is 18.5. The fourth-order valence-corrected chi connectivity index (χ4v) is 4.69. The van der Waals surface area contributed by atoms with E-state index in [4.69, 9.17) is 4.74 Å². The Bertz CT molecular complexity index is 1660. The average Bonchev–Trinajstić information content (AvgIpc) is 2.90. The summed E-state index contributed by atoms with van der Waals surface area (Å²) in [6, 6.07) is 11.2. The van der Waals surface area contributed by atoms with Crippen LogP contribution in [-0.4, -0.2) is 58.9 Å². The van der Waals surface area contributed by atoms with Crippen molar-refractivity contribution in [1.82, 2.24) is 4.98 Å². The molecule has 3 N–H and O–H groups in total. The van der Waals surface area contributed by atoms with Gasteiger partial charge in [0.25, 0.3) is 10.1 Å². The molecular formula is C25H28N6O6S2. The molecule has 0 aliphatic rings. The second-order valence-electron chi connectivity index (χ2n) is 8.34. The number of anilines is 2. The topological polar surface area (TPSA) is 183 Å². The van der Waals surface area contributed by atoms with Crippen LogP contribution in [0.25, 0.3) is 10.8 Å². The van der Waals surface area contributed by atoms with Crippen molar-refractivity contribution in [2.75, 3.05) is 43.2 Å². The van der Waals surface area contributed by atoms with Crippen LogP contribution < -0.4 is 10.6 Å². The van der Waals surface area contributed by atoms with E-state index in [1.54, 1.807) is 32.2 Å². The summed E-state index contributed by atoms with van der Waals surface area (Å²) in [5, 5.41) is 26.6. The second kappa shape index (κ2) is 12.8. The van der Waals surface area contributed by atoms with Gasteiger partial charge in [-0.15, -0.1) is 10.2 Å². The van der Waals surface area contributed by atoms with Crippen LogP contribution in [0.3, 0.4) is 0 Å². The molecule has 14 heteroatoms. The molecule has 0 atom stereocenters. The molecule has 0 unspecified atom stereocenters. The highest BCUT2D eigenvalue weighted by Gasteiger charge is 2.18. The molecule has 0 radical (unpaired) electrons. The van der Waals surface area contributed by atoms with Gasteiger partial charge in [0.15, 0.2) is 15.7 Å². The van der Waals surface area contributed by atoms with Gasteiger partial charge in [0.05, 0.1) is 21.9 Å². The minimum atomic E-state index is -4.38. The van der Waals surface area contributed by atoms with Crippen LogP contribution >= 0.6 is 0 Å². The SMILES string of the molecule is C=CS(=O)(=O)CCNc1nc(NCCCOC)c(C#N)c(C)c1N=Nc1cccc2cc(S(=O)(=O)O)ccc12. The lowest BCUT2D eigenvalue weighted by molar-refractivity contribution is 0.198. The van der Waals surface area contributed by atoms with Crippen molar-refractivity contribution in [1.29, 1.82) is 5.26 Å².